The first-order chi connectivity index (χ1) is 9.20. The predicted octanol–water partition coefficient (Wildman–Crippen LogP) is 2.59. The lowest BCUT2D eigenvalue weighted by Crippen LogP contribution is -1.96. The highest BCUT2D eigenvalue weighted by Gasteiger charge is 1.88. The average molecular weight is 258 g/mol. The molecular formula is C17H22O2. The average Bonchev–Trinajstić information content (AvgIpc) is 2.42. The Labute approximate surface area is 116 Å². The van der Waals surface area contributed by atoms with Crippen LogP contribution < -0.4 is 0 Å². The number of rotatable bonds is 7. The van der Waals surface area contributed by atoms with Gasteiger partial charge in [0.1, 0.15) is 12.2 Å². The molecule has 0 aromatic rings. The van der Waals surface area contributed by atoms with Crippen LogP contribution in [-0.2, 0) is 0 Å². The van der Waals surface area contributed by atoms with Crippen LogP contribution in [0.4, 0.5) is 0 Å². The Balaban J connectivity index is 3.96. The van der Waals surface area contributed by atoms with E-state index in [1.165, 1.54) is 25.3 Å². The molecule has 0 spiro atoms. The van der Waals surface area contributed by atoms with Gasteiger partial charge in [-0.25, -0.2) is 0 Å². The van der Waals surface area contributed by atoms with Gasteiger partial charge in [0, 0.05) is 0 Å². The summed E-state index contributed by atoms with van der Waals surface area (Å²) in [5.74, 6) is 9.91. The van der Waals surface area contributed by atoms with Crippen molar-refractivity contribution in [1.82, 2.24) is 0 Å². The zero-order valence-corrected chi connectivity index (χ0v) is 11.5. The second-order valence-electron chi connectivity index (χ2n) is 3.97. The molecular weight excluding hydrogens is 236 g/mol. The molecule has 0 aliphatic heterocycles. The third-order valence-corrected chi connectivity index (χ3v) is 2.24. The van der Waals surface area contributed by atoms with Crippen LogP contribution in [0.25, 0.3) is 0 Å². The van der Waals surface area contributed by atoms with Crippen LogP contribution in [0.2, 0.25) is 0 Å². The molecule has 0 rings (SSSR count). The molecule has 0 saturated carbocycles. The minimum absolute atomic E-state index is 0.838. The fourth-order valence-electron chi connectivity index (χ4n) is 1.18. The fraction of sp³-hybridized carbons (Fsp3) is 0.412. The first-order valence-corrected chi connectivity index (χ1v) is 6.53. The van der Waals surface area contributed by atoms with E-state index in [0.29, 0.717) is 0 Å². The Hall–Kier alpha value is -1.74. The molecule has 2 N–H and O–H groups in total. The van der Waals surface area contributed by atoms with Crippen LogP contribution in [0.15, 0.2) is 37.0 Å². The van der Waals surface area contributed by atoms with Crippen LogP contribution in [0, 0.1) is 23.7 Å². The summed E-state index contributed by atoms with van der Waals surface area (Å²) >= 11 is 0. The molecule has 0 saturated heterocycles. The van der Waals surface area contributed by atoms with Crippen LogP contribution in [-0.4, -0.2) is 22.4 Å². The molecule has 2 heteroatoms. The van der Waals surface area contributed by atoms with Crippen LogP contribution in [0.3, 0.4) is 0 Å². The normalized spacial score (nSPS) is 13.4. The van der Waals surface area contributed by atoms with Crippen molar-refractivity contribution < 1.29 is 10.2 Å². The molecule has 0 amide bonds. The third kappa shape index (κ3) is 12.5. The fourth-order valence-corrected chi connectivity index (χ4v) is 1.18. The van der Waals surface area contributed by atoms with E-state index in [0.717, 1.165) is 6.42 Å². The van der Waals surface area contributed by atoms with E-state index < -0.39 is 12.2 Å². The lowest BCUT2D eigenvalue weighted by atomic mass is 10.2. The van der Waals surface area contributed by atoms with Gasteiger partial charge < -0.3 is 10.2 Å². The lowest BCUT2D eigenvalue weighted by Gasteiger charge is -1.91. The summed E-state index contributed by atoms with van der Waals surface area (Å²) in [6.45, 7) is 5.56. The van der Waals surface area contributed by atoms with E-state index in [2.05, 4.69) is 43.3 Å². The molecule has 19 heavy (non-hydrogen) atoms. The number of hydrogen-bond acceptors (Lipinski definition) is 2. The molecule has 0 heterocycles. The summed E-state index contributed by atoms with van der Waals surface area (Å²) in [6, 6.07) is 0. The molecule has 102 valence electrons. The highest BCUT2D eigenvalue weighted by atomic mass is 16.3. The van der Waals surface area contributed by atoms with Crippen LogP contribution >= 0.6 is 0 Å². The van der Waals surface area contributed by atoms with Crippen molar-refractivity contribution in [2.45, 2.75) is 44.8 Å². The molecule has 0 fully saturated rings. The van der Waals surface area contributed by atoms with Gasteiger partial charge in [-0.3, -0.25) is 0 Å². The Morgan fingerprint density at radius 2 is 1.74 bits per heavy atom. The monoisotopic (exact) mass is 258 g/mol. The summed E-state index contributed by atoms with van der Waals surface area (Å²) < 4.78 is 0. The van der Waals surface area contributed by atoms with Crippen molar-refractivity contribution in [2.75, 3.05) is 0 Å². The molecule has 2 nitrogen and oxygen atoms in total. The maximum Gasteiger partial charge on any atom is 0.134 e. The second-order valence-corrected chi connectivity index (χ2v) is 3.97. The minimum atomic E-state index is -0.868. The summed E-state index contributed by atoms with van der Waals surface area (Å²) in [5.41, 5.74) is 0. The highest BCUT2D eigenvalue weighted by molar-refractivity contribution is 5.31. The highest BCUT2D eigenvalue weighted by Crippen LogP contribution is 1.99. The zero-order valence-electron chi connectivity index (χ0n) is 11.5. The number of unbranched alkanes of at least 4 members (excludes halogenated alkanes) is 3. The van der Waals surface area contributed by atoms with Crippen molar-refractivity contribution in [3.8, 4) is 23.7 Å². The van der Waals surface area contributed by atoms with E-state index in [-0.39, 0.29) is 0 Å². The quantitative estimate of drug-likeness (QED) is 0.319. The van der Waals surface area contributed by atoms with Gasteiger partial charge in [0.05, 0.1) is 0 Å². The van der Waals surface area contributed by atoms with Gasteiger partial charge in [-0.05, 0) is 30.8 Å². The molecule has 0 bridgehead atoms. The number of aliphatic hydroxyl groups excluding tert-OH is 2. The largest absolute Gasteiger partial charge is 0.377 e. The van der Waals surface area contributed by atoms with Crippen LogP contribution in [0.1, 0.15) is 32.6 Å². The Morgan fingerprint density at radius 3 is 2.37 bits per heavy atom. The maximum absolute atomic E-state index is 9.47. The first kappa shape index (κ1) is 17.3. The molecule has 0 aromatic carbocycles. The van der Waals surface area contributed by atoms with Gasteiger partial charge in [0.2, 0.25) is 0 Å². The van der Waals surface area contributed by atoms with Crippen LogP contribution in [0.5, 0.6) is 0 Å². The lowest BCUT2D eigenvalue weighted by molar-refractivity contribution is 0.280. The van der Waals surface area contributed by atoms with E-state index in [4.69, 9.17) is 5.11 Å². The zero-order chi connectivity index (χ0) is 14.3. The third-order valence-electron chi connectivity index (χ3n) is 2.24. The van der Waals surface area contributed by atoms with Gasteiger partial charge in [-0.1, -0.05) is 62.5 Å². The Kier molecular flexibility index (Phi) is 11.5. The molecule has 0 unspecified atom stereocenters. The molecule has 0 aromatic heterocycles. The van der Waals surface area contributed by atoms with Crippen molar-refractivity contribution in [1.29, 1.82) is 0 Å². The summed E-state index contributed by atoms with van der Waals surface area (Å²) in [6.07, 6.45) is 11.7. The Bertz CT molecular complexity index is 410. The molecule has 0 aliphatic carbocycles. The van der Waals surface area contributed by atoms with Gasteiger partial charge in [0.15, 0.2) is 0 Å². The standard InChI is InChI=1S/C17H22O2/c1-3-5-6-7-8-9-10-14-17(19)15-12-11-13-16(18)4-2/h4,8-10,14,16-19H,2-3,5-7H2,1H3/b9-8-,14-10-/t16-,17-/m1/s1. The number of aliphatic hydroxyl groups is 2. The number of allylic oxidation sites excluding steroid dienone is 3. The van der Waals surface area contributed by atoms with Crippen molar-refractivity contribution in [2.24, 2.45) is 0 Å². The van der Waals surface area contributed by atoms with Gasteiger partial charge in [-0.2, -0.15) is 0 Å². The van der Waals surface area contributed by atoms with E-state index in [1.54, 1.807) is 12.2 Å². The van der Waals surface area contributed by atoms with E-state index in [9.17, 15) is 5.11 Å². The minimum Gasteiger partial charge on any atom is -0.377 e. The second kappa shape index (κ2) is 12.7. The molecule has 2 atom stereocenters. The van der Waals surface area contributed by atoms with Gasteiger partial charge in [0.25, 0.3) is 0 Å². The maximum atomic E-state index is 9.47. The first-order valence-electron chi connectivity index (χ1n) is 6.53. The van der Waals surface area contributed by atoms with Crippen molar-refractivity contribution in [3.63, 3.8) is 0 Å². The summed E-state index contributed by atoms with van der Waals surface area (Å²) in [5, 5.41) is 18.5. The summed E-state index contributed by atoms with van der Waals surface area (Å²) in [4.78, 5) is 0. The van der Waals surface area contributed by atoms with Gasteiger partial charge in [-0.15, -0.1) is 0 Å². The number of hydrogen-bond donors (Lipinski definition) is 2. The molecule has 0 radical (unpaired) electrons. The molecule has 0 aliphatic rings. The van der Waals surface area contributed by atoms with E-state index >= 15 is 0 Å². The van der Waals surface area contributed by atoms with Gasteiger partial charge >= 0.3 is 0 Å². The predicted molar refractivity (Wildman–Crippen MR) is 80.2 cm³/mol. The van der Waals surface area contributed by atoms with Crippen molar-refractivity contribution in [3.05, 3.63) is 37.0 Å². The SMILES string of the molecule is C=C[C@@H](O)C#CC#C[C@H](O)/C=C\C=C/CCCCC. The topological polar surface area (TPSA) is 40.5 Å². The van der Waals surface area contributed by atoms with Crippen molar-refractivity contribution >= 4 is 0 Å². The van der Waals surface area contributed by atoms with E-state index in [1.807, 2.05) is 6.08 Å². The Morgan fingerprint density at radius 1 is 1.05 bits per heavy atom. The summed E-state index contributed by atoms with van der Waals surface area (Å²) in [7, 11) is 0. The smallest absolute Gasteiger partial charge is 0.134 e.